The molecule has 0 bridgehead atoms. The van der Waals surface area contributed by atoms with Crippen LogP contribution in [0, 0.1) is 0 Å². The van der Waals surface area contributed by atoms with E-state index in [9.17, 15) is 5.11 Å². The van der Waals surface area contributed by atoms with Gasteiger partial charge in [-0.3, -0.25) is 4.90 Å². The number of nitrogens with zero attached hydrogens (tertiary/aromatic N) is 1. The number of aryl methyl sites for hydroxylation is 1. The van der Waals surface area contributed by atoms with Crippen LogP contribution in [0.15, 0.2) is 78.9 Å². The molecule has 0 radical (unpaired) electrons. The van der Waals surface area contributed by atoms with Gasteiger partial charge in [0, 0.05) is 18.0 Å². The Morgan fingerprint density at radius 3 is 2.34 bits per heavy atom. The highest BCUT2D eigenvalue weighted by atomic mass is 16.5. The summed E-state index contributed by atoms with van der Waals surface area (Å²) in [4.78, 5) is 2.28. The molecular formula is C29H35NO2. The van der Waals surface area contributed by atoms with Crippen molar-refractivity contribution in [3.05, 3.63) is 101 Å². The average molecular weight is 430 g/mol. The third-order valence-corrected chi connectivity index (χ3v) is 6.88. The van der Waals surface area contributed by atoms with Gasteiger partial charge in [0.1, 0.15) is 18.5 Å². The van der Waals surface area contributed by atoms with Gasteiger partial charge in [0.2, 0.25) is 0 Å². The van der Waals surface area contributed by atoms with Gasteiger partial charge < -0.3 is 9.84 Å². The Balaban J connectivity index is 1.32. The zero-order chi connectivity index (χ0) is 22.6. The van der Waals surface area contributed by atoms with Gasteiger partial charge in [-0.1, -0.05) is 80.6 Å². The van der Waals surface area contributed by atoms with Crippen LogP contribution in [0.25, 0.3) is 0 Å². The van der Waals surface area contributed by atoms with E-state index in [1.807, 2.05) is 18.2 Å². The van der Waals surface area contributed by atoms with Crippen LogP contribution in [-0.2, 0) is 11.8 Å². The number of rotatable bonds is 8. The van der Waals surface area contributed by atoms with Crippen LogP contribution >= 0.6 is 0 Å². The predicted octanol–water partition coefficient (Wildman–Crippen LogP) is 5.76. The third-order valence-electron chi connectivity index (χ3n) is 6.88. The van der Waals surface area contributed by atoms with Gasteiger partial charge in [0.15, 0.2) is 0 Å². The molecule has 168 valence electrons. The highest BCUT2D eigenvalue weighted by Gasteiger charge is 2.25. The first-order valence-corrected chi connectivity index (χ1v) is 11.7. The summed E-state index contributed by atoms with van der Waals surface area (Å²) < 4.78 is 5.92. The minimum Gasteiger partial charge on any atom is -0.491 e. The smallest absolute Gasteiger partial charge is 0.119 e. The summed E-state index contributed by atoms with van der Waals surface area (Å²) in [5.41, 5.74) is 5.31. The van der Waals surface area contributed by atoms with E-state index in [1.165, 1.54) is 28.7 Å². The predicted molar refractivity (Wildman–Crippen MR) is 131 cm³/mol. The molecular weight excluding hydrogens is 394 g/mol. The highest BCUT2D eigenvalue weighted by molar-refractivity contribution is 5.40. The quantitative estimate of drug-likeness (QED) is 0.494. The van der Waals surface area contributed by atoms with Crippen LogP contribution in [0.5, 0.6) is 5.75 Å². The van der Waals surface area contributed by atoms with Gasteiger partial charge >= 0.3 is 0 Å². The Bertz CT molecular complexity index is 997. The Hall–Kier alpha value is -2.62. The molecule has 3 aromatic carbocycles. The van der Waals surface area contributed by atoms with E-state index in [-0.39, 0.29) is 5.41 Å². The van der Waals surface area contributed by atoms with Crippen LogP contribution in [0.1, 0.15) is 55.0 Å². The second-order valence-electron chi connectivity index (χ2n) is 9.53. The number of benzene rings is 3. The summed E-state index contributed by atoms with van der Waals surface area (Å²) in [5, 5.41) is 10.6. The number of fused-ring (bicyclic) bond motifs is 1. The van der Waals surface area contributed by atoms with Crippen molar-refractivity contribution in [2.75, 3.05) is 20.2 Å². The topological polar surface area (TPSA) is 32.7 Å². The maximum Gasteiger partial charge on any atom is 0.119 e. The van der Waals surface area contributed by atoms with Gasteiger partial charge in [0.05, 0.1) is 0 Å². The van der Waals surface area contributed by atoms with Crippen LogP contribution in [0.2, 0.25) is 0 Å². The van der Waals surface area contributed by atoms with E-state index in [4.69, 9.17) is 4.74 Å². The molecule has 0 aliphatic heterocycles. The van der Waals surface area contributed by atoms with Gasteiger partial charge in [-0.25, -0.2) is 0 Å². The summed E-state index contributed by atoms with van der Waals surface area (Å²) in [6.07, 6.45) is 2.96. The molecule has 2 unspecified atom stereocenters. The summed E-state index contributed by atoms with van der Waals surface area (Å²) in [7, 11) is 2.11. The van der Waals surface area contributed by atoms with E-state index in [2.05, 4.69) is 86.5 Å². The average Bonchev–Trinajstić information content (AvgIpc) is 2.83. The lowest BCUT2D eigenvalue weighted by atomic mass is 9.78. The molecule has 1 N–H and O–H groups in total. The van der Waals surface area contributed by atoms with E-state index in [1.54, 1.807) is 0 Å². The van der Waals surface area contributed by atoms with E-state index < -0.39 is 6.10 Å². The van der Waals surface area contributed by atoms with E-state index in [0.717, 1.165) is 18.6 Å². The van der Waals surface area contributed by atoms with Gasteiger partial charge in [-0.15, -0.1) is 0 Å². The van der Waals surface area contributed by atoms with Crippen LogP contribution in [0.4, 0.5) is 0 Å². The van der Waals surface area contributed by atoms with E-state index in [0.29, 0.717) is 19.2 Å². The Kier molecular flexibility index (Phi) is 6.98. The monoisotopic (exact) mass is 429 g/mol. The summed E-state index contributed by atoms with van der Waals surface area (Å²) >= 11 is 0. The zero-order valence-corrected chi connectivity index (χ0v) is 19.5. The third kappa shape index (κ3) is 5.06. The number of aliphatic hydroxyl groups is 1. The number of hydrogen-bond acceptors (Lipinski definition) is 3. The highest BCUT2D eigenvalue weighted by Crippen LogP contribution is 2.34. The fourth-order valence-corrected chi connectivity index (χ4v) is 4.88. The second kappa shape index (κ2) is 9.89. The van der Waals surface area contributed by atoms with Crippen molar-refractivity contribution in [3.8, 4) is 5.75 Å². The molecule has 0 aromatic heterocycles. The minimum atomic E-state index is -0.533. The Morgan fingerprint density at radius 1 is 0.938 bits per heavy atom. The molecule has 1 aliphatic rings. The first-order valence-electron chi connectivity index (χ1n) is 11.7. The maximum absolute atomic E-state index is 10.6. The minimum absolute atomic E-state index is 0.0711. The summed E-state index contributed by atoms with van der Waals surface area (Å²) in [6, 6.07) is 27.9. The molecule has 1 aliphatic carbocycles. The van der Waals surface area contributed by atoms with Crippen molar-refractivity contribution in [2.45, 2.75) is 50.7 Å². The zero-order valence-electron chi connectivity index (χ0n) is 19.5. The molecule has 4 rings (SSSR count). The van der Waals surface area contributed by atoms with E-state index >= 15 is 0 Å². The van der Waals surface area contributed by atoms with Crippen LogP contribution in [0.3, 0.4) is 0 Å². The first kappa shape index (κ1) is 22.6. The standard InChI is InChI=1S/C29H35NO2/c1-29(2,23-12-5-4-6-13-23)24-16-18-26(19-17-24)32-21-25(31)20-30(3)28-15-9-11-22-10-7-8-14-27(22)28/h4-8,10,12-14,16-19,25,28,31H,9,11,15,20-21H2,1-3H3. The van der Waals surface area contributed by atoms with Crippen molar-refractivity contribution in [3.63, 3.8) is 0 Å². The Morgan fingerprint density at radius 2 is 1.59 bits per heavy atom. The molecule has 0 fully saturated rings. The molecule has 2 atom stereocenters. The largest absolute Gasteiger partial charge is 0.491 e. The summed E-state index contributed by atoms with van der Waals surface area (Å²) in [5.74, 6) is 0.794. The number of hydrogen-bond donors (Lipinski definition) is 1. The fourth-order valence-electron chi connectivity index (χ4n) is 4.88. The molecule has 3 aromatic rings. The molecule has 0 spiro atoms. The molecule has 0 saturated carbocycles. The number of aliphatic hydroxyl groups excluding tert-OH is 1. The van der Waals surface area contributed by atoms with Crippen molar-refractivity contribution < 1.29 is 9.84 Å². The Labute approximate surface area is 192 Å². The van der Waals surface area contributed by atoms with Crippen LogP contribution in [-0.4, -0.2) is 36.3 Å². The fraction of sp³-hybridized carbons (Fsp3) is 0.379. The SMILES string of the molecule is CN(CC(O)COc1ccc(C(C)(C)c2ccccc2)cc1)C1CCCc2ccccc21. The normalized spacial score (nSPS) is 17.1. The first-order chi connectivity index (χ1) is 15.4. The molecule has 32 heavy (non-hydrogen) atoms. The van der Waals surface area contributed by atoms with Crippen molar-refractivity contribution in [2.24, 2.45) is 0 Å². The van der Waals surface area contributed by atoms with Gasteiger partial charge in [-0.05, 0) is 60.7 Å². The molecule has 0 heterocycles. The van der Waals surface area contributed by atoms with Gasteiger partial charge in [0.25, 0.3) is 0 Å². The van der Waals surface area contributed by atoms with Crippen molar-refractivity contribution in [1.29, 1.82) is 0 Å². The van der Waals surface area contributed by atoms with Crippen molar-refractivity contribution >= 4 is 0 Å². The number of ether oxygens (including phenoxy) is 1. The maximum atomic E-state index is 10.6. The molecule has 0 amide bonds. The van der Waals surface area contributed by atoms with Crippen molar-refractivity contribution in [1.82, 2.24) is 4.90 Å². The lowest BCUT2D eigenvalue weighted by molar-refractivity contribution is 0.0598. The second-order valence-corrected chi connectivity index (χ2v) is 9.53. The van der Waals surface area contributed by atoms with Gasteiger partial charge in [-0.2, -0.15) is 0 Å². The molecule has 3 heteroatoms. The molecule has 0 saturated heterocycles. The lowest BCUT2D eigenvalue weighted by Gasteiger charge is -2.34. The van der Waals surface area contributed by atoms with Crippen LogP contribution < -0.4 is 4.74 Å². The lowest BCUT2D eigenvalue weighted by Crippen LogP contribution is -2.36. The number of likely N-dealkylation sites (N-methyl/N-ethyl adjacent to an activating group) is 1. The molecule has 3 nitrogen and oxygen atoms in total. The summed E-state index contributed by atoms with van der Waals surface area (Å²) in [6.45, 7) is 5.36.